The van der Waals surface area contributed by atoms with Crippen LogP contribution in [0.3, 0.4) is 0 Å². The molecule has 6 rings (SSSR count). The number of ether oxygens (including phenoxy) is 1. The number of fused-ring (bicyclic) bond motifs is 1. The fourth-order valence-electron chi connectivity index (χ4n) is 6.26. The summed E-state index contributed by atoms with van der Waals surface area (Å²) in [6.07, 6.45) is 0.147. The van der Waals surface area contributed by atoms with Gasteiger partial charge in [0.15, 0.2) is 0 Å². The van der Waals surface area contributed by atoms with Gasteiger partial charge in [0, 0.05) is 35.7 Å². The van der Waals surface area contributed by atoms with Gasteiger partial charge in [0.2, 0.25) is 0 Å². The van der Waals surface area contributed by atoms with Crippen LogP contribution in [-0.4, -0.2) is 46.4 Å². The molecule has 200 valence electrons. The molecular weight excluding hydrogens is 490 g/mol. The highest BCUT2D eigenvalue weighted by molar-refractivity contribution is 5.70. The van der Waals surface area contributed by atoms with Crippen molar-refractivity contribution in [3.05, 3.63) is 112 Å². The van der Waals surface area contributed by atoms with Gasteiger partial charge in [-0.05, 0) is 41.5 Å². The van der Waals surface area contributed by atoms with Crippen molar-refractivity contribution in [3.8, 4) is 22.7 Å². The number of aromatic amines is 1. The predicted molar refractivity (Wildman–Crippen MR) is 153 cm³/mol. The maximum atomic E-state index is 13.9. The first-order valence-corrected chi connectivity index (χ1v) is 13.2. The average Bonchev–Trinajstić information content (AvgIpc) is 3.38. The van der Waals surface area contributed by atoms with E-state index in [1.807, 2.05) is 55.6 Å². The van der Waals surface area contributed by atoms with Crippen LogP contribution in [-0.2, 0) is 5.41 Å². The van der Waals surface area contributed by atoms with Crippen molar-refractivity contribution in [2.45, 2.75) is 37.4 Å². The van der Waals surface area contributed by atoms with Crippen molar-refractivity contribution in [2.75, 3.05) is 19.1 Å². The third-order valence-electron chi connectivity index (χ3n) is 8.47. The molecule has 7 heteroatoms. The number of hydrogen-bond donors (Lipinski definition) is 3. The molecule has 3 N–H and O–H groups in total. The van der Waals surface area contributed by atoms with Crippen LogP contribution >= 0.6 is 0 Å². The number of aliphatic hydroxyl groups is 2. The standard InChI is InChI=1S/C32H33N3O4/c1-32(2)23-12-8-9-13-24(23)34(3)25(32)18-22-29(36)27(30(22)37)26-28(19-10-6-5-7-11-19)33-35(31(26)38)20-14-16-21(39-4)17-15-20/h5-18,22,27,29-30,33,36-37H,1-4H3. The van der Waals surface area contributed by atoms with E-state index < -0.39 is 24.0 Å². The number of likely N-dealkylation sites (N-methyl/N-ethyl adjacent to an activating group) is 1. The minimum Gasteiger partial charge on any atom is -0.497 e. The summed E-state index contributed by atoms with van der Waals surface area (Å²) in [7, 11) is 3.61. The molecule has 1 aliphatic heterocycles. The number of methoxy groups -OCH3 is 1. The zero-order valence-electron chi connectivity index (χ0n) is 22.5. The van der Waals surface area contributed by atoms with Crippen LogP contribution in [0.1, 0.15) is 30.9 Å². The van der Waals surface area contributed by atoms with Crippen molar-refractivity contribution in [1.82, 2.24) is 9.78 Å². The third-order valence-corrected chi connectivity index (χ3v) is 8.47. The van der Waals surface area contributed by atoms with Crippen LogP contribution in [0, 0.1) is 5.92 Å². The number of rotatable bonds is 5. The normalized spacial score (nSPS) is 24.5. The average molecular weight is 524 g/mol. The second-order valence-corrected chi connectivity index (χ2v) is 10.9. The molecule has 0 bridgehead atoms. The number of hydrogen-bond acceptors (Lipinski definition) is 5. The van der Waals surface area contributed by atoms with Crippen molar-refractivity contribution in [3.63, 3.8) is 0 Å². The molecule has 4 aromatic rings. The highest BCUT2D eigenvalue weighted by Gasteiger charge is 2.52. The number of benzene rings is 3. The lowest BCUT2D eigenvalue weighted by Crippen LogP contribution is -2.54. The molecule has 1 fully saturated rings. The van der Waals surface area contributed by atoms with Crippen molar-refractivity contribution < 1.29 is 14.9 Å². The summed E-state index contributed by atoms with van der Waals surface area (Å²) < 4.78 is 6.73. The number of allylic oxidation sites excluding steroid dienone is 1. The lowest BCUT2D eigenvalue weighted by atomic mass is 9.64. The number of nitrogens with zero attached hydrogens (tertiary/aromatic N) is 2. The van der Waals surface area contributed by atoms with Gasteiger partial charge in [-0.1, -0.05) is 68.5 Å². The molecule has 1 aliphatic carbocycles. The summed E-state index contributed by atoms with van der Waals surface area (Å²) in [4.78, 5) is 16.0. The Balaban J connectivity index is 1.40. The maximum Gasteiger partial charge on any atom is 0.275 e. The molecule has 1 aromatic heterocycles. The van der Waals surface area contributed by atoms with E-state index in [4.69, 9.17) is 4.74 Å². The zero-order chi connectivity index (χ0) is 27.5. The van der Waals surface area contributed by atoms with Crippen molar-refractivity contribution in [1.29, 1.82) is 0 Å². The SMILES string of the molecule is COc1ccc(-n2[nH]c(-c3ccccc3)c(C3C(O)C(C=C4N(C)c5ccccc5C4(C)C)C3O)c2=O)cc1. The van der Waals surface area contributed by atoms with Crippen LogP contribution in [0.15, 0.2) is 95.4 Å². The number of para-hydroxylation sites is 1. The highest BCUT2D eigenvalue weighted by atomic mass is 16.5. The monoisotopic (exact) mass is 523 g/mol. The molecule has 39 heavy (non-hydrogen) atoms. The van der Waals surface area contributed by atoms with E-state index in [2.05, 4.69) is 36.0 Å². The molecule has 2 aliphatic rings. The molecule has 0 spiro atoms. The first-order valence-electron chi connectivity index (χ1n) is 13.2. The van der Waals surface area contributed by atoms with Gasteiger partial charge < -0.3 is 19.8 Å². The molecule has 0 amide bonds. The van der Waals surface area contributed by atoms with Crippen LogP contribution in [0.2, 0.25) is 0 Å². The number of aliphatic hydroxyl groups excluding tert-OH is 2. The molecular formula is C32H33N3O4. The van der Waals surface area contributed by atoms with Gasteiger partial charge in [-0.25, -0.2) is 4.68 Å². The third kappa shape index (κ3) is 3.84. The lowest BCUT2D eigenvalue weighted by Gasteiger charge is -2.45. The Hall–Kier alpha value is -4.07. The second kappa shape index (κ2) is 9.29. The van der Waals surface area contributed by atoms with Gasteiger partial charge in [-0.15, -0.1) is 0 Å². The predicted octanol–water partition coefficient (Wildman–Crippen LogP) is 4.59. The molecule has 2 atom stereocenters. The Labute approximate surface area is 227 Å². The summed E-state index contributed by atoms with van der Waals surface area (Å²) in [5, 5.41) is 26.2. The highest BCUT2D eigenvalue weighted by Crippen LogP contribution is 2.50. The van der Waals surface area contributed by atoms with E-state index in [-0.39, 0.29) is 11.0 Å². The molecule has 2 heterocycles. The number of anilines is 1. The van der Waals surface area contributed by atoms with Crippen molar-refractivity contribution >= 4 is 5.69 Å². The Morgan fingerprint density at radius 1 is 0.923 bits per heavy atom. The van der Waals surface area contributed by atoms with E-state index in [0.717, 1.165) is 16.9 Å². The van der Waals surface area contributed by atoms with E-state index in [0.29, 0.717) is 22.7 Å². The first kappa shape index (κ1) is 25.2. The summed E-state index contributed by atoms with van der Waals surface area (Å²) >= 11 is 0. The summed E-state index contributed by atoms with van der Waals surface area (Å²) in [5.74, 6) is -0.555. The Bertz CT molecular complexity index is 1590. The summed E-state index contributed by atoms with van der Waals surface area (Å²) in [5.41, 5.74) is 5.21. The van der Waals surface area contributed by atoms with Gasteiger partial charge in [-0.3, -0.25) is 9.89 Å². The minimum absolute atomic E-state index is 0.278. The molecule has 2 unspecified atom stereocenters. The van der Waals surface area contributed by atoms with Crippen LogP contribution < -0.4 is 15.2 Å². The van der Waals surface area contributed by atoms with E-state index >= 15 is 0 Å². The summed E-state index contributed by atoms with van der Waals surface area (Å²) in [6, 6.07) is 25.0. The van der Waals surface area contributed by atoms with E-state index in [1.54, 1.807) is 31.4 Å². The van der Waals surface area contributed by atoms with Crippen LogP contribution in [0.4, 0.5) is 5.69 Å². The van der Waals surface area contributed by atoms with Gasteiger partial charge >= 0.3 is 0 Å². The fraction of sp³-hybridized carbons (Fsp3) is 0.281. The first-order chi connectivity index (χ1) is 18.7. The van der Waals surface area contributed by atoms with Crippen LogP contribution in [0.25, 0.3) is 16.9 Å². The molecule has 7 nitrogen and oxygen atoms in total. The van der Waals surface area contributed by atoms with Crippen molar-refractivity contribution in [2.24, 2.45) is 5.92 Å². The lowest BCUT2D eigenvalue weighted by molar-refractivity contribution is -0.0948. The quantitative estimate of drug-likeness (QED) is 0.356. The Morgan fingerprint density at radius 3 is 2.21 bits per heavy atom. The van der Waals surface area contributed by atoms with Gasteiger partial charge in [0.05, 0.1) is 36.3 Å². The van der Waals surface area contributed by atoms with Gasteiger partial charge in [0.25, 0.3) is 5.56 Å². The topological polar surface area (TPSA) is 90.7 Å². The smallest absolute Gasteiger partial charge is 0.275 e. The number of nitrogens with one attached hydrogen (secondary N) is 1. The molecule has 1 saturated carbocycles. The largest absolute Gasteiger partial charge is 0.497 e. The van der Waals surface area contributed by atoms with E-state index in [9.17, 15) is 15.0 Å². The fourth-order valence-corrected chi connectivity index (χ4v) is 6.26. The molecule has 0 radical (unpaired) electrons. The Kier molecular flexibility index (Phi) is 6.01. The minimum atomic E-state index is -0.921. The zero-order valence-corrected chi connectivity index (χ0v) is 22.5. The number of aromatic nitrogens is 2. The second-order valence-electron chi connectivity index (χ2n) is 10.9. The summed E-state index contributed by atoms with van der Waals surface area (Å²) in [6.45, 7) is 4.31. The van der Waals surface area contributed by atoms with Gasteiger partial charge in [0.1, 0.15) is 5.75 Å². The maximum absolute atomic E-state index is 13.9. The molecule has 0 saturated heterocycles. The molecule has 3 aromatic carbocycles. The number of H-pyrrole nitrogens is 1. The van der Waals surface area contributed by atoms with Crippen LogP contribution in [0.5, 0.6) is 5.75 Å². The Morgan fingerprint density at radius 2 is 1.56 bits per heavy atom. The van der Waals surface area contributed by atoms with Gasteiger partial charge in [-0.2, -0.15) is 0 Å². The van der Waals surface area contributed by atoms with E-state index in [1.165, 1.54) is 10.2 Å².